The van der Waals surface area contributed by atoms with Crippen LogP contribution in [0, 0.1) is 5.92 Å². The molecule has 1 saturated heterocycles. The van der Waals surface area contributed by atoms with Crippen LogP contribution in [0.5, 0.6) is 5.75 Å². The number of ether oxygens (including phenoxy) is 2. The molecule has 1 saturated carbocycles. The molecule has 1 aromatic carbocycles. The molecule has 1 N–H and O–H groups in total. The van der Waals surface area contributed by atoms with Gasteiger partial charge in [0.05, 0.1) is 26.4 Å². The number of para-hydroxylation sites is 1. The highest BCUT2D eigenvalue weighted by atomic mass is 16.5. The number of carbonyl (C=O) groups excluding carboxylic acids is 2. The lowest BCUT2D eigenvalue weighted by Gasteiger charge is -2.38. The quantitative estimate of drug-likeness (QED) is 0.831. The molecule has 0 bridgehead atoms. The molecular weight excluding hydrogens is 344 g/mol. The van der Waals surface area contributed by atoms with Crippen LogP contribution in [0.2, 0.25) is 0 Å². The zero-order chi connectivity index (χ0) is 19.1. The summed E-state index contributed by atoms with van der Waals surface area (Å²) in [7, 11) is 1.62. The van der Waals surface area contributed by atoms with Gasteiger partial charge in [-0.15, -0.1) is 0 Å². The summed E-state index contributed by atoms with van der Waals surface area (Å²) in [4.78, 5) is 27.3. The Balaban J connectivity index is 1.55. The largest absolute Gasteiger partial charge is 0.496 e. The van der Waals surface area contributed by atoms with Gasteiger partial charge in [0.15, 0.2) is 0 Å². The van der Waals surface area contributed by atoms with E-state index in [4.69, 9.17) is 9.47 Å². The smallest absolute Gasteiger partial charge is 0.226 e. The van der Waals surface area contributed by atoms with Crippen molar-refractivity contribution in [3.8, 4) is 5.75 Å². The van der Waals surface area contributed by atoms with Gasteiger partial charge >= 0.3 is 0 Å². The van der Waals surface area contributed by atoms with E-state index in [1.54, 1.807) is 7.11 Å². The normalized spacial score (nSPS) is 20.9. The highest BCUT2D eigenvalue weighted by Crippen LogP contribution is 2.27. The first-order chi connectivity index (χ1) is 13.2. The van der Waals surface area contributed by atoms with E-state index in [1.807, 2.05) is 29.2 Å². The van der Waals surface area contributed by atoms with Crippen molar-refractivity contribution in [1.82, 2.24) is 10.2 Å². The highest BCUT2D eigenvalue weighted by Gasteiger charge is 2.33. The molecule has 148 valence electrons. The Morgan fingerprint density at radius 3 is 2.78 bits per heavy atom. The molecule has 0 aromatic heterocycles. The van der Waals surface area contributed by atoms with Gasteiger partial charge in [0.1, 0.15) is 5.75 Å². The lowest BCUT2D eigenvalue weighted by atomic mass is 9.87. The number of morpholine rings is 1. The summed E-state index contributed by atoms with van der Waals surface area (Å²) in [6, 6.07) is 7.45. The molecular formula is C21H30N2O4. The predicted molar refractivity (Wildman–Crippen MR) is 102 cm³/mol. The van der Waals surface area contributed by atoms with Crippen molar-refractivity contribution in [2.45, 2.75) is 51.1 Å². The van der Waals surface area contributed by atoms with Crippen molar-refractivity contribution in [3.05, 3.63) is 29.8 Å². The van der Waals surface area contributed by atoms with Crippen molar-refractivity contribution in [3.63, 3.8) is 0 Å². The fraction of sp³-hybridized carbons (Fsp3) is 0.619. The first-order valence-electron chi connectivity index (χ1n) is 9.96. The molecule has 6 heteroatoms. The lowest BCUT2D eigenvalue weighted by molar-refractivity contribution is -0.146. The standard InChI is InChI=1S/C21H30N2O4/c1-26-19-10-6-5-9-17(19)14-22-20(24)13-18-15-27-12-11-23(18)21(25)16-7-3-2-4-8-16/h5-6,9-10,16,18H,2-4,7-8,11-15H2,1H3,(H,22,24)/t18-/m0/s1. The Kier molecular flexibility index (Phi) is 7.10. The van der Waals surface area contributed by atoms with E-state index in [0.29, 0.717) is 26.3 Å². The average Bonchev–Trinajstić information content (AvgIpc) is 2.73. The van der Waals surface area contributed by atoms with E-state index in [9.17, 15) is 9.59 Å². The molecule has 27 heavy (non-hydrogen) atoms. The number of hydrogen-bond donors (Lipinski definition) is 1. The number of methoxy groups -OCH3 is 1. The minimum Gasteiger partial charge on any atom is -0.496 e. The van der Waals surface area contributed by atoms with E-state index in [-0.39, 0.29) is 30.2 Å². The number of nitrogens with one attached hydrogen (secondary N) is 1. The van der Waals surface area contributed by atoms with Crippen LogP contribution in [0.25, 0.3) is 0 Å². The van der Waals surface area contributed by atoms with Crippen LogP contribution in [-0.2, 0) is 20.9 Å². The monoisotopic (exact) mass is 374 g/mol. The van der Waals surface area contributed by atoms with Crippen LogP contribution in [-0.4, -0.2) is 49.6 Å². The number of nitrogens with zero attached hydrogens (tertiary/aromatic N) is 1. The summed E-state index contributed by atoms with van der Waals surface area (Å²) in [5.74, 6) is 1.02. The third-order valence-corrected chi connectivity index (χ3v) is 5.55. The molecule has 0 radical (unpaired) electrons. The van der Waals surface area contributed by atoms with Crippen molar-refractivity contribution in [1.29, 1.82) is 0 Å². The van der Waals surface area contributed by atoms with E-state index < -0.39 is 0 Å². The van der Waals surface area contributed by atoms with Gasteiger partial charge in [-0.2, -0.15) is 0 Å². The Morgan fingerprint density at radius 1 is 1.22 bits per heavy atom. The Morgan fingerprint density at radius 2 is 2.00 bits per heavy atom. The third-order valence-electron chi connectivity index (χ3n) is 5.55. The van der Waals surface area contributed by atoms with Gasteiger partial charge in [0.2, 0.25) is 11.8 Å². The molecule has 2 aliphatic rings. The van der Waals surface area contributed by atoms with E-state index in [0.717, 1.165) is 37.0 Å². The van der Waals surface area contributed by atoms with Crippen LogP contribution < -0.4 is 10.1 Å². The van der Waals surface area contributed by atoms with Crippen LogP contribution in [0.1, 0.15) is 44.1 Å². The molecule has 3 rings (SSSR count). The topological polar surface area (TPSA) is 67.9 Å². The number of benzene rings is 1. The van der Waals surface area contributed by atoms with Gasteiger partial charge < -0.3 is 19.7 Å². The van der Waals surface area contributed by atoms with Gasteiger partial charge in [-0.3, -0.25) is 9.59 Å². The molecule has 1 aliphatic carbocycles. The maximum Gasteiger partial charge on any atom is 0.226 e. The maximum atomic E-state index is 12.9. The number of amides is 2. The fourth-order valence-electron chi connectivity index (χ4n) is 4.03. The predicted octanol–water partition coefficient (Wildman–Crippen LogP) is 2.51. The first kappa shape index (κ1) is 19.7. The Hall–Kier alpha value is -2.08. The molecule has 2 amide bonds. The number of hydrogen-bond acceptors (Lipinski definition) is 4. The number of rotatable bonds is 6. The van der Waals surface area contributed by atoms with E-state index >= 15 is 0 Å². The summed E-state index contributed by atoms with van der Waals surface area (Å²) < 4.78 is 10.9. The zero-order valence-corrected chi connectivity index (χ0v) is 16.1. The highest BCUT2D eigenvalue weighted by molar-refractivity contribution is 5.81. The second-order valence-corrected chi connectivity index (χ2v) is 7.39. The van der Waals surface area contributed by atoms with Crippen LogP contribution >= 0.6 is 0 Å². The second kappa shape index (κ2) is 9.74. The van der Waals surface area contributed by atoms with Crippen LogP contribution in [0.4, 0.5) is 0 Å². The van der Waals surface area contributed by atoms with Gasteiger partial charge in [0.25, 0.3) is 0 Å². The summed E-state index contributed by atoms with van der Waals surface area (Å²) in [5, 5.41) is 2.95. The molecule has 1 aromatic rings. The van der Waals surface area contributed by atoms with Crippen molar-refractivity contribution in [2.75, 3.05) is 26.9 Å². The third kappa shape index (κ3) is 5.22. The first-order valence-corrected chi connectivity index (χ1v) is 9.96. The second-order valence-electron chi connectivity index (χ2n) is 7.39. The number of carbonyl (C=O) groups is 2. The molecule has 0 unspecified atom stereocenters. The minimum absolute atomic E-state index is 0.0714. The SMILES string of the molecule is COc1ccccc1CNC(=O)C[C@H]1COCCN1C(=O)C1CCCCC1. The summed E-state index contributed by atoms with van der Waals surface area (Å²) in [6.07, 6.45) is 5.71. The molecule has 1 aliphatic heterocycles. The molecule has 1 heterocycles. The van der Waals surface area contributed by atoms with Gasteiger partial charge in [-0.1, -0.05) is 37.5 Å². The average molecular weight is 374 g/mol. The van der Waals surface area contributed by atoms with Gasteiger partial charge in [-0.05, 0) is 18.9 Å². The summed E-state index contributed by atoms with van der Waals surface area (Å²) in [6.45, 7) is 1.98. The van der Waals surface area contributed by atoms with Crippen molar-refractivity contribution < 1.29 is 19.1 Å². The minimum atomic E-state index is -0.175. The maximum absolute atomic E-state index is 12.9. The zero-order valence-electron chi connectivity index (χ0n) is 16.1. The summed E-state index contributed by atoms with van der Waals surface area (Å²) in [5.41, 5.74) is 0.934. The van der Waals surface area contributed by atoms with Crippen LogP contribution in [0.3, 0.4) is 0 Å². The molecule has 1 atom stereocenters. The molecule has 6 nitrogen and oxygen atoms in total. The molecule has 0 spiro atoms. The Bertz CT molecular complexity index is 643. The van der Waals surface area contributed by atoms with Crippen molar-refractivity contribution >= 4 is 11.8 Å². The van der Waals surface area contributed by atoms with E-state index in [1.165, 1.54) is 6.42 Å². The van der Waals surface area contributed by atoms with E-state index in [2.05, 4.69) is 5.32 Å². The molecule has 2 fully saturated rings. The summed E-state index contributed by atoms with van der Waals surface area (Å²) >= 11 is 0. The fourth-order valence-corrected chi connectivity index (χ4v) is 4.03. The van der Waals surface area contributed by atoms with Crippen LogP contribution in [0.15, 0.2) is 24.3 Å². The Labute approximate surface area is 161 Å². The van der Waals surface area contributed by atoms with Gasteiger partial charge in [-0.25, -0.2) is 0 Å². The lowest BCUT2D eigenvalue weighted by Crippen LogP contribution is -2.52. The van der Waals surface area contributed by atoms with Crippen molar-refractivity contribution in [2.24, 2.45) is 5.92 Å². The van der Waals surface area contributed by atoms with Gasteiger partial charge in [0, 0.05) is 31.0 Å².